The molecule has 0 saturated heterocycles. The first-order chi connectivity index (χ1) is 6.90. The van der Waals surface area contributed by atoms with Crippen LogP contribution in [-0.4, -0.2) is 24.6 Å². The smallest absolute Gasteiger partial charge is 0.161 e. The van der Waals surface area contributed by atoms with Crippen LogP contribution in [0.3, 0.4) is 0 Å². The van der Waals surface area contributed by atoms with Gasteiger partial charge in [0.1, 0.15) is 0 Å². The fourth-order valence-corrected chi connectivity index (χ4v) is 1.33. The molecule has 1 aromatic rings. The largest absolute Gasteiger partial charge is 0.490 e. The topological polar surface area (TPSA) is 51.1 Å². The Morgan fingerprint density at radius 2 is 2.00 bits per heavy atom. The summed E-state index contributed by atoms with van der Waals surface area (Å²) >= 11 is 0. The Hall–Kier alpha value is -1.71. The van der Waals surface area contributed by atoms with E-state index < -0.39 is 0 Å². The van der Waals surface area contributed by atoms with E-state index in [9.17, 15) is 0 Å². The highest BCUT2D eigenvalue weighted by Crippen LogP contribution is 2.29. The molecule has 1 N–H and O–H groups in total. The Kier molecular flexibility index (Phi) is 2.53. The summed E-state index contributed by atoms with van der Waals surface area (Å²) in [6, 6.07) is 5.42. The summed E-state index contributed by atoms with van der Waals surface area (Å²) in [6.07, 6.45) is 2.24. The molecule has 0 unspecified atom stereocenters. The van der Waals surface area contributed by atoms with Gasteiger partial charge in [0, 0.05) is 12.0 Å². The maximum absolute atomic E-state index is 8.38. The van der Waals surface area contributed by atoms with Crippen LogP contribution in [0.2, 0.25) is 0 Å². The van der Waals surface area contributed by atoms with Crippen molar-refractivity contribution in [2.75, 3.05) is 13.2 Å². The summed E-state index contributed by atoms with van der Waals surface area (Å²) in [5.41, 5.74) is 0.789. The van der Waals surface area contributed by atoms with E-state index in [1.807, 2.05) is 12.1 Å². The molecular weight excluding hydrogens is 182 g/mol. The number of oxime groups is 1. The molecule has 0 amide bonds. The molecular formula is C10H11NO3. The third-order valence-electron chi connectivity index (χ3n) is 1.98. The van der Waals surface area contributed by atoms with Crippen LogP contribution >= 0.6 is 0 Å². The number of hydrogen-bond donors (Lipinski definition) is 1. The van der Waals surface area contributed by atoms with E-state index in [1.165, 1.54) is 6.21 Å². The van der Waals surface area contributed by atoms with Gasteiger partial charge >= 0.3 is 0 Å². The summed E-state index contributed by atoms with van der Waals surface area (Å²) < 4.78 is 10.9. The first kappa shape index (κ1) is 8.87. The monoisotopic (exact) mass is 193 g/mol. The van der Waals surface area contributed by atoms with Gasteiger partial charge in [-0.2, -0.15) is 0 Å². The zero-order valence-corrected chi connectivity index (χ0v) is 7.64. The van der Waals surface area contributed by atoms with Crippen LogP contribution in [0.1, 0.15) is 12.0 Å². The molecule has 0 saturated carbocycles. The summed E-state index contributed by atoms with van der Waals surface area (Å²) in [5, 5.41) is 11.3. The maximum Gasteiger partial charge on any atom is 0.161 e. The van der Waals surface area contributed by atoms with Crippen molar-refractivity contribution >= 4 is 6.21 Å². The molecule has 4 nitrogen and oxygen atoms in total. The van der Waals surface area contributed by atoms with Gasteiger partial charge in [0.2, 0.25) is 0 Å². The molecule has 74 valence electrons. The zero-order valence-electron chi connectivity index (χ0n) is 7.64. The van der Waals surface area contributed by atoms with Gasteiger partial charge in [-0.3, -0.25) is 0 Å². The molecule has 14 heavy (non-hydrogen) atoms. The Balaban J connectivity index is 2.32. The first-order valence-corrected chi connectivity index (χ1v) is 4.47. The summed E-state index contributed by atoms with van der Waals surface area (Å²) in [6.45, 7) is 1.34. The van der Waals surface area contributed by atoms with Crippen molar-refractivity contribution in [3.05, 3.63) is 23.8 Å². The molecule has 0 bridgehead atoms. The van der Waals surface area contributed by atoms with Crippen LogP contribution < -0.4 is 9.47 Å². The molecule has 0 aromatic heterocycles. The highest BCUT2D eigenvalue weighted by Gasteiger charge is 2.09. The third-order valence-corrected chi connectivity index (χ3v) is 1.98. The second kappa shape index (κ2) is 4.00. The van der Waals surface area contributed by atoms with Crippen molar-refractivity contribution in [2.45, 2.75) is 6.42 Å². The predicted molar refractivity (Wildman–Crippen MR) is 51.4 cm³/mol. The van der Waals surface area contributed by atoms with Gasteiger partial charge in [-0.15, -0.1) is 0 Å². The van der Waals surface area contributed by atoms with Crippen LogP contribution in [0.15, 0.2) is 23.4 Å². The van der Waals surface area contributed by atoms with Gasteiger partial charge < -0.3 is 14.7 Å². The van der Waals surface area contributed by atoms with Gasteiger partial charge in [-0.1, -0.05) is 5.16 Å². The molecule has 2 rings (SSSR count). The predicted octanol–water partition coefficient (Wildman–Crippen LogP) is 1.66. The average Bonchev–Trinajstić information content (AvgIpc) is 2.42. The summed E-state index contributed by atoms with van der Waals surface area (Å²) in [4.78, 5) is 0. The van der Waals surface area contributed by atoms with E-state index in [1.54, 1.807) is 6.07 Å². The second-order valence-corrected chi connectivity index (χ2v) is 3.00. The first-order valence-electron chi connectivity index (χ1n) is 4.47. The molecule has 0 aliphatic carbocycles. The zero-order chi connectivity index (χ0) is 9.80. The van der Waals surface area contributed by atoms with Crippen molar-refractivity contribution in [1.82, 2.24) is 0 Å². The number of fused-ring (bicyclic) bond motifs is 1. The van der Waals surface area contributed by atoms with Crippen LogP contribution in [0.25, 0.3) is 0 Å². The minimum Gasteiger partial charge on any atom is -0.490 e. The van der Waals surface area contributed by atoms with Crippen molar-refractivity contribution < 1.29 is 14.7 Å². The van der Waals surface area contributed by atoms with Gasteiger partial charge in [0.05, 0.1) is 19.4 Å². The van der Waals surface area contributed by atoms with Crippen molar-refractivity contribution in [1.29, 1.82) is 0 Å². The normalized spacial score (nSPS) is 15.4. The third kappa shape index (κ3) is 1.79. The van der Waals surface area contributed by atoms with Gasteiger partial charge in [0.25, 0.3) is 0 Å². The SMILES string of the molecule is O/N=C/c1ccc2c(c1)OCCCO2. The van der Waals surface area contributed by atoms with Crippen LogP contribution in [0.5, 0.6) is 11.5 Å². The van der Waals surface area contributed by atoms with Crippen molar-refractivity contribution in [2.24, 2.45) is 5.16 Å². The minimum atomic E-state index is 0.659. The Labute approximate surface area is 81.8 Å². The lowest BCUT2D eigenvalue weighted by Gasteiger charge is -2.06. The Morgan fingerprint density at radius 3 is 2.79 bits per heavy atom. The number of hydrogen-bond acceptors (Lipinski definition) is 4. The fourth-order valence-electron chi connectivity index (χ4n) is 1.33. The maximum atomic E-state index is 8.38. The van der Waals surface area contributed by atoms with E-state index in [4.69, 9.17) is 14.7 Å². The highest BCUT2D eigenvalue weighted by molar-refractivity contribution is 5.80. The number of rotatable bonds is 1. The van der Waals surface area contributed by atoms with Gasteiger partial charge in [0.15, 0.2) is 11.5 Å². The number of ether oxygens (including phenoxy) is 2. The lowest BCUT2D eigenvalue weighted by Crippen LogP contribution is -1.97. The van der Waals surface area contributed by atoms with E-state index in [-0.39, 0.29) is 0 Å². The highest BCUT2D eigenvalue weighted by atomic mass is 16.5. The van der Waals surface area contributed by atoms with E-state index in [2.05, 4.69) is 5.16 Å². The molecule has 0 spiro atoms. The molecule has 1 heterocycles. The van der Waals surface area contributed by atoms with E-state index in [0.29, 0.717) is 19.0 Å². The van der Waals surface area contributed by atoms with Crippen molar-refractivity contribution in [3.63, 3.8) is 0 Å². The average molecular weight is 193 g/mol. The molecule has 1 aromatic carbocycles. The Morgan fingerprint density at radius 1 is 1.21 bits per heavy atom. The molecule has 0 atom stereocenters. The lowest BCUT2D eigenvalue weighted by molar-refractivity contribution is 0.297. The molecule has 0 radical (unpaired) electrons. The van der Waals surface area contributed by atoms with E-state index >= 15 is 0 Å². The minimum absolute atomic E-state index is 0.659. The van der Waals surface area contributed by atoms with Crippen LogP contribution in [0.4, 0.5) is 0 Å². The van der Waals surface area contributed by atoms with Gasteiger partial charge in [-0.25, -0.2) is 0 Å². The molecule has 4 heteroatoms. The van der Waals surface area contributed by atoms with Crippen LogP contribution in [-0.2, 0) is 0 Å². The Bertz CT molecular complexity index is 349. The molecule has 1 aliphatic rings. The van der Waals surface area contributed by atoms with E-state index in [0.717, 1.165) is 17.7 Å². The second-order valence-electron chi connectivity index (χ2n) is 3.00. The number of nitrogens with zero attached hydrogens (tertiary/aromatic N) is 1. The van der Waals surface area contributed by atoms with Crippen molar-refractivity contribution in [3.8, 4) is 11.5 Å². The number of benzene rings is 1. The fraction of sp³-hybridized carbons (Fsp3) is 0.300. The van der Waals surface area contributed by atoms with Crippen LogP contribution in [0, 0.1) is 0 Å². The lowest BCUT2D eigenvalue weighted by atomic mass is 10.2. The summed E-state index contributed by atoms with van der Waals surface area (Å²) in [7, 11) is 0. The molecule has 1 aliphatic heterocycles. The van der Waals surface area contributed by atoms with Gasteiger partial charge in [-0.05, 0) is 18.2 Å². The molecule has 0 fully saturated rings. The summed E-state index contributed by atoms with van der Waals surface area (Å²) in [5.74, 6) is 1.46. The standard InChI is InChI=1S/C10H11NO3/c12-11-7-8-2-3-9-10(6-8)14-5-1-4-13-9/h2-3,6-7,12H,1,4-5H2/b11-7+. The quantitative estimate of drug-likeness (QED) is 0.419.